The second kappa shape index (κ2) is 5.91. The molecule has 2 aliphatic carbocycles. The van der Waals surface area contributed by atoms with E-state index in [0.717, 1.165) is 51.6 Å². The van der Waals surface area contributed by atoms with Crippen molar-refractivity contribution < 1.29 is 4.79 Å². The Morgan fingerprint density at radius 3 is 2.96 bits per heavy atom. The van der Waals surface area contributed by atoms with Crippen LogP contribution in [0.3, 0.4) is 0 Å². The molecular formula is C19H27N3O. The minimum absolute atomic E-state index is 0.233. The highest BCUT2D eigenvalue weighted by atomic mass is 16.2. The van der Waals surface area contributed by atoms with Crippen molar-refractivity contribution in [1.82, 2.24) is 10.6 Å². The molecule has 1 aromatic carbocycles. The molecule has 1 aromatic rings. The van der Waals surface area contributed by atoms with Crippen LogP contribution in [0.5, 0.6) is 0 Å². The van der Waals surface area contributed by atoms with Crippen molar-refractivity contribution in [3.8, 4) is 0 Å². The number of rotatable bonds is 3. The zero-order chi connectivity index (χ0) is 15.9. The Morgan fingerprint density at radius 2 is 2.13 bits per heavy atom. The first-order chi connectivity index (χ1) is 11.2. The first-order valence-corrected chi connectivity index (χ1v) is 9.01. The fourth-order valence-corrected chi connectivity index (χ4v) is 4.44. The summed E-state index contributed by atoms with van der Waals surface area (Å²) in [7, 11) is 0. The fourth-order valence-electron chi connectivity index (χ4n) is 4.44. The maximum Gasteiger partial charge on any atom is 0.223 e. The van der Waals surface area contributed by atoms with Crippen molar-refractivity contribution in [3.05, 3.63) is 34.9 Å². The highest BCUT2D eigenvalue weighted by molar-refractivity contribution is 5.82. The summed E-state index contributed by atoms with van der Waals surface area (Å²) in [5, 5.41) is 6.56. The van der Waals surface area contributed by atoms with Gasteiger partial charge in [-0.2, -0.15) is 0 Å². The van der Waals surface area contributed by atoms with Gasteiger partial charge in [-0.25, -0.2) is 0 Å². The SMILES string of the molecule is NC1CCC2(CC1)CC2C(=O)NCc1ccc2c(c1)CCNC2. The van der Waals surface area contributed by atoms with Crippen LogP contribution in [0.1, 0.15) is 48.8 Å². The topological polar surface area (TPSA) is 67.2 Å². The van der Waals surface area contributed by atoms with Gasteiger partial charge >= 0.3 is 0 Å². The summed E-state index contributed by atoms with van der Waals surface area (Å²) < 4.78 is 0. The van der Waals surface area contributed by atoms with Crippen LogP contribution in [-0.2, 0) is 24.3 Å². The summed E-state index contributed by atoms with van der Waals surface area (Å²) in [6.07, 6.45) is 6.60. The molecule has 3 aliphatic rings. The van der Waals surface area contributed by atoms with Gasteiger partial charge in [-0.1, -0.05) is 18.2 Å². The summed E-state index contributed by atoms with van der Waals surface area (Å²) in [5.41, 5.74) is 10.3. The lowest BCUT2D eigenvalue weighted by Gasteiger charge is -2.26. The maximum atomic E-state index is 12.5. The number of carbonyl (C=O) groups is 1. The van der Waals surface area contributed by atoms with Crippen LogP contribution in [0.25, 0.3) is 0 Å². The molecular weight excluding hydrogens is 286 g/mol. The Bertz CT molecular complexity index is 605. The molecule has 4 N–H and O–H groups in total. The Balaban J connectivity index is 1.32. The van der Waals surface area contributed by atoms with E-state index in [9.17, 15) is 4.79 Å². The van der Waals surface area contributed by atoms with E-state index in [-0.39, 0.29) is 11.8 Å². The zero-order valence-electron chi connectivity index (χ0n) is 13.7. The molecule has 0 bridgehead atoms. The quantitative estimate of drug-likeness (QED) is 0.798. The predicted octanol–water partition coefficient (Wildman–Crippen LogP) is 1.86. The van der Waals surface area contributed by atoms with Crippen molar-refractivity contribution in [2.45, 2.75) is 57.7 Å². The molecule has 4 nitrogen and oxygen atoms in total. The van der Waals surface area contributed by atoms with Crippen molar-refractivity contribution in [2.24, 2.45) is 17.1 Å². The third-order valence-electron chi connectivity index (χ3n) is 6.16. The van der Waals surface area contributed by atoms with Gasteiger partial charge in [0.1, 0.15) is 0 Å². The summed E-state index contributed by atoms with van der Waals surface area (Å²) in [4.78, 5) is 12.5. The van der Waals surface area contributed by atoms with Crippen molar-refractivity contribution >= 4 is 5.91 Å². The number of benzene rings is 1. The number of amides is 1. The Kier molecular flexibility index (Phi) is 3.90. The van der Waals surface area contributed by atoms with Gasteiger partial charge in [-0.05, 0) is 67.2 Å². The Morgan fingerprint density at radius 1 is 1.30 bits per heavy atom. The minimum Gasteiger partial charge on any atom is -0.352 e. The van der Waals surface area contributed by atoms with Gasteiger partial charge in [0.2, 0.25) is 5.91 Å². The second-order valence-corrected chi connectivity index (χ2v) is 7.70. The van der Waals surface area contributed by atoms with Gasteiger partial charge in [0, 0.05) is 25.0 Å². The second-order valence-electron chi connectivity index (χ2n) is 7.70. The van der Waals surface area contributed by atoms with E-state index < -0.39 is 0 Å². The van der Waals surface area contributed by atoms with Crippen LogP contribution in [0.15, 0.2) is 18.2 Å². The van der Waals surface area contributed by atoms with E-state index in [4.69, 9.17) is 5.73 Å². The largest absolute Gasteiger partial charge is 0.352 e. The standard InChI is InChI=1S/C19H27N3O/c20-16-3-6-19(7-4-16)10-17(19)18(23)22-11-13-1-2-15-12-21-8-5-14(15)9-13/h1-2,9,16-17,21H,3-8,10-12,20H2,(H,22,23). The summed E-state index contributed by atoms with van der Waals surface area (Å²) in [6.45, 7) is 2.68. The van der Waals surface area contributed by atoms with E-state index in [2.05, 4.69) is 28.8 Å². The lowest BCUT2D eigenvalue weighted by Crippen LogP contribution is -2.32. The summed E-state index contributed by atoms with van der Waals surface area (Å²) >= 11 is 0. The first kappa shape index (κ1) is 15.2. The van der Waals surface area contributed by atoms with Gasteiger partial charge in [0.05, 0.1) is 0 Å². The van der Waals surface area contributed by atoms with Gasteiger partial charge in [0.25, 0.3) is 0 Å². The Labute approximate surface area is 138 Å². The first-order valence-electron chi connectivity index (χ1n) is 9.01. The van der Waals surface area contributed by atoms with Gasteiger partial charge in [-0.3, -0.25) is 4.79 Å². The van der Waals surface area contributed by atoms with E-state index in [0.29, 0.717) is 18.0 Å². The third kappa shape index (κ3) is 3.02. The summed E-state index contributed by atoms with van der Waals surface area (Å²) in [5.74, 6) is 0.483. The average molecular weight is 313 g/mol. The van der Waals surface area contributed by atoms with Crippen LogP contribution in [-0.4, -0.2) is 18.5 Å². The van der Waals surface area contributed by atoms with Crippen LogP contribution in [0.2, 0.25) is 0 Å². The van der Waals surface area contributed by atoms with Crippen molar-refractivity contribution in [3.63, 3.8) is 0 Å². The van der Waals surface area contributed by atoms with Crippen LogP contribution < -0.4 is 16.4 Å². The van der Waals surface area contributed by atoms with Gasteiger partial charge in [-0.15, -0.1) is 0 Å². The van der Waals surface area contributed by atoms with E-state index in [1.165, 1.54) is 16.7 Å². The number of hydrogen-bond acceptors (Lipinski definition) is 3. The third-order valence-corrected chi connectivity index (χ3v) is 6.16. The molecule has 1 unspecified atom stereocenters. The molecule has 2 saturated carbocycles. The maximum absolute atomic E-state index is 12.5. The minimum atomic E-state index is 0.233. The molecule has 1 heterocycles. The number of nitrogens with one attached hydrogen (secondary N) is 2. The lowest BCUT2D eigenvalue weighted by atomic mass is 9.82. The molecule has 2 fully saturated rings. The molecule has 0 saturated heterocycles. The lowest BCUT2D eigenvalue weighted by molar-refractivity contribution is -0.123. The molecule has 1 aliphatic heterocycles. The predicted molar refractivity (Wildman–Crippen MR) is 90.7 cm³/mol. The molecule has 0 radical (unpaired) electrons. The van der Waals surface area contributed by atoms with Crippen molar-refractivity contribution in [2.75, 3.05) is 6.54 Å². The average Bonchev–Trinajstić information content (AvgIpc) is 3.29. The fraction of sp³-hybridized carbons (Fsp3) is 0.632. The zero-order valence-corrected chi connectivity index (χ0v) is 13.7. The smallest absolute Gasteiger partial charge is 0.223 e. The molecule has 1 spiro atoms. The van der Waals surface area contributed by atoms with Crippen LogP contribution in [0.4, 0.5) is 0 Å². The van der Waals surface area contributed by atoms with Gasteiger partial charge < -0.3 is 16.4 Å². The number of hydrogen-bond donors (Lipinski definition) is 3. The molecule has 0 aromatic heterocycles. The molecule has 1 atom stereocenters. The molecule has 23 heavy (non-hydrogen) atoms. The van der Waals surface area contributed by atoms with E-state index in [1.807, 2.05) is 0 Å². The molecule has 4 heteroatoms. The Hall–Kier alpha value is -1.39. The molecule has 1 amide bonds. The molecule has 4 rings (SSSR count). The highest BCUT2D eigenvalue weighted by Gasteiger charge is 2.58. The normalized spacial score (nSPS) is 32.4. The number of nitrogens with two attached hydrogens (primary N) is 1. The van der Waals surface area contributed by atoms with E-state index >= 15 is 0 Å². The van der Waals surface area contributed by atoms with Crippen LogP contribution >= 0.6 is 0 Å². The van der Waals surface area contributed by atoms with Gasteiger partial charge in [0.15, 0.2) is 0 Å². The highest BCUT2D eigenvalue weighted by Crippen LogP contribution is 2.61. The summed E-state index contributed by atoms with van der Waals surface area (Å²) in [6, 6.07) is 6.96. The number of carbonyl (C=O) groups excluding carboxylic acids is 1. The van der Waals surface area contributed by atoms with E-state index in [1.54, 1.807) is 0 Å². The monoisotopic (exact) mass is 313 g/mol. The molecule has 124 valence electrons. The van der Waals surface area contributed by atoms with Crippen LogP contribution in [0, 0.1) is 11.3 Å². The number of fused-ring (bicyclic) bond motifs is 1. The van der Waals surface area contributed by atoms with Crippen molar-refractivity contribution in [1.29, 1.82) is 0 Å².